The predicted octanol–water partition coefficient (Wildman–Crippen LogP) is 2.00. The second kappa shape index (κ2) is 4.46. The molecule has 4 N–H and O–H groups in total. The van der Waals surface area contributed by atoms with E-state index in [0.29, 0.717) is 11.3 Å². The van der Waals surface area contributed by atoms with Gasteiger partial charge in [-0.05, 0) is 30.8 Å². The minimum Gasteiger partial charge on any atom is -0.478 e. The molecule has 0 aliphatic rings. The zero-order valence-electron chi connectivity index (χ0n) is 7.87. The molecule has 0 aromatic heterocycles. The average Bonchev–Trinajstić information content (AvgIpc) is 2.10. The molecule has 6 heteroatoms. The number of hydrogen-bond acceptors (Lipinski definition) is 2. The lowest BCUT2D eigenvalue weighted by Gasteiger charge is -2.12. The summed E-state index contributed by atoms with van der Waals surface area (Å²) in [5.74, 6) is -1.12. The third-order valence-electron chi connectivity index (χ3n) is 1.82. The van der Waals surface area contributed by atoms with Crippen LogP contribution in [-0.4, -0.2) is 16.2 Å². The van der Waals surface area contributed by atoms with Crippen LogP contribution in [0.4, 0.5) is 5.69 Å². The van der Waals surface area contributed by atoms with Crippen LogP contribution >= 0.6 is 23.8 Å². The third kappa shape index (κ3) is 2.57. The molecular weight excluding hydrogens is 236 g/mol. The van der Waals surface area contributed by atoms with Crippen molar-refractivity contribution in [3.63, 3.8) is 0 Å². The molecule has 0 radical (unpaired) electrons. The number of carbonyl (C=O) groups is 1. The number of aromatic carboxylic acids is 1. The Morgan fingerprint density at radius 2 is 2.20 bits per heavy atom. The van der Waals surface area contributed by atoms with Gasteiger partial charge in [0.15, 0.2) is 5.11 Å². The van der Waals surface area contributed by atoms with Crippen molar-refractivity contribution in [3.8, 4) is 0 Å². The maximum Gasteiger partial charge on any atom is 0.339 e. The fourth-order valence-corrected chi connectivity index (χ4v) is 1.52. The first-order valence-corrected chi connectivity index (χ1v) is 4.81. The molecule has 1 aromatic carbocycles. The van der Waals surface area contributed by atoms with Crippen LogP contribution in [0.2, 0.25) is 5.02 Å². The van der Waals surface area contributed by atoms with Crippen LogP contribution < -0.4 is 11.1 Å². The number of thiocarbonyl (C=S) groups is 1. The third-order valence-corrected chi connectivity index (χ3v) is 2.24. The molecule has 15 heavy (non-hydrogen) atoms. The molecule has 0 aliphatic heterocycles. The van der Waals surface area contributed by atoms with Crippen molar-refractivity contribution in [2.45, 2.75) is 6.92 Å². The van der Waals surface area contributed by atoms with Crippen LogP contribution in [0.1, 0.15) is 15.9 Å². The number of benzene rings is 1. The van der Waals surface area contributed by atoms with Gasteiger partial charge in [0.05, 0.1) is 10.7 Å². The summed E-state index contributed by atoms with van der Waals surface area (Å²) < 4.78 is 0. The summed E-state index contributed by atoms with van der Waals surface area (Å²) in [6.45, 7) is 1.74. The maximum atomic E-state index is 11.0. The highest BCUT2D eigenvalue weighted by Crippen LogP contribution is 2.27. The van der Waals surface area contributed by atoms with E-state index in [1.165, 1.54) is 6.07 Å². The molecular formula is C9H9ClN2O2S. The standard InChI is InChI=1S/C9H9ClN2O2S/c1-4-2-3-5(10)6(8(13)14)7(4)12-9(11)15/h2-3H,1H3,(H,13,14)(H3,11,12,15). The number of nitrogens with one attached hydrogen (secondary N) is 1. The van der Waals surface area contributed by atoms with E-state index in [2.05, 4.69) is 17.5 Å². The fraction of sp³-hybridized carbons (Fsp3) is 0.111. The molecule has 80 valence electrons. The summed E-state index contributed by atoms with van der Waals surface area (Å²) in [6, 6.07) is 3.21. The smallest absolute Gasteiger partial charge is 0.339 e. The van der Waals surface area contributed by atoms with Crippen LogP contribution in [0.5, 0.6) is 0 Å². The molecule has 0 saturated heterocycles. The second-order valence-corrected chi connectivity index (χ2v) is 3.76. The van der Waals surface area contributed by atoms with Crippen molar-refractivity contribution < 1.29 is 9.90 Å². The number of rotatable bonds is 2. The van der Waals surface area contributed by atoms with Crippen LogP contribution in [0.25, 0.3) is 0 Å². The van der Waals surface area contributed by atoms with E-state index in [1.54, 1.807) is 13.0 Å². The van der Waals surface area contributed by atoms with Crippen molar-refractivity contribution in [2.24, 2.45) is 5.73 Å². The largest absolute Gasteiger partial charge is 0.478 e. The van der Waals surface area contributed by atoms with E-state index in [1.807, 2.05) is 0 Å². The molecule has 0 amide bonds. The molecule has 1 aromatic rings. The molecule has 4 nitrogen and oxygen atoms in total. The Morgan fingerprint density at radius 3 is 2.67 bits per heavy atom. The molecule has 0 atom stereocenters. The van der Waals surface area contributed by atoms with E-state index in [9.17, 15) is 4.79 Å². The Morgan fingerprint density at radius 1 is 1.60 bits per heavy atom. The highest BCUT2D eigenvalue weighted by Gasteiger charge is 2.16. The Balaban J connectivity index is 3.38. The predicted molar refractivity (Wildman–Crippen MR) is 63.6 cm³/mol. The molecule has 0 fully saturated rings. The summed E-state index contributed by atoms with van der Waals surface area (Å²) in [7, 11) is 0. The van der Waals surface area contributed by atoms with E-state index in [-0.39, 0.29) is 15.7 Å². The first kappa shape index (κ1) is 11.7. The topological polar surface area (TPSA) is 75.3 Å². The molecule has 0 aliphatic carbocycles. The number of aryl methyl sites for hydroxylation is 1. The Kier molecular flexibility index (Phi) is 3.49. The molecule has 1 rings (SSSR count). The highest BCUT2D eigenvalue weighted by molar-refractivity contribution is 7.80. The molecule has 0 unspecified atom stereocenters. The number of carboxylic acid groups (broad SMARTS) is 1. The molecule has 0 saturated carbocycles. The van der Waals surface area contributed by atoms with Gasteiger partial charge in [-0.25, -0.2) is 4.79 Å². The average molecular weight is 245 g/mol. The Labute approximate surface area is 97.0 Å². The van der Waals surface area contributed by atoms with Crippen molar-refractivity contribution in [3.05, 3.63) is 28.3 Å². The van der Waals surface area contributed by atoms with E-state index < -0.39 is 5.97 Å². The SMILES string of the molecule is Cc1ccc(Cl)c(C(=O)O)c1NC(N)=S. The summed E-state index contributed by atoms with van der Waals surface area (Å²) in [6.07, 6.45) is 0. The number of anilines is 1. The molecule has 0 bridgehead atoms. The Bertz CT molecular complexity index is 434. The van der Waals surface area contributed by atoms with Gasteiger partial charge in [-0.3, -0.25) is 0 Å². The summed E-state index contributed by atoms with van der Waals surface area (Å²) in [5.41, 5.74) is 6.32. The summed E-state index contributed by atoms with van der Waals surface area (Å²) in [5, 5.41) is 11.7. The van der Waals surface area contributed by atoms with Gasteiger partial charge >= 0.3 is 5.97 Å². The number of hydrogen-bond donors (Lipinski definition) is 3. The van der Waals surface area contributed by atoms with Crippen LogP contribution in [0.3, 0.4) is 0 Å². The van der Waals surface area contributed by atoms with Gasteiger partial charge in [-0.15, -0.1) is 0 Å². The van der Waals surface area contributed by atoms with Gasteiger partial charge < -0.3 is 16.2 Å². The van der Waals surface area contributed by atoms with Crippen molar-refractivity contribution in [2.75, 3.05) is 5.32 Å². The second-order valence-electron chi connectivity index (χ2n) is 2.91. The minimum absolute atomic E-state index is 0.00265. The van der Waals surface area contributed by atoms with Crippen LogP contribution in [0.15, 0.2) is 12.1 Å². The Hall–Kier alpha value is -1.33. The lowest BCUT2D eigenvalue weighted by molar-refractivity contribution is 0.0698. The first-order chi connectivity index (χ1) is 6.93. The number of halogens is 1. The van der Waals surface area contributed by atoms with Crippen molar-refractivity contribution >= 4 is 40.6 Å². The van der Waals surface area contributed by atoms with Gasteiger partial charge in [0, 0.05) is 0 Å². The lowest BCUT2D eigenvalue weighted by Crippen LogP contribution is -2.21. The quantitative estimate of drug-likeness (QED) is 0.694. The minimum atomic E-state index is -1.12. The number of nitrogens with two attached hydrogens (primary N) is 1. The van der Waals surface area contributed by atoms with Crippen molar-refractivity contribution in [1.82, 2.24) is 0 Å². The summed E-state index contributed by atoms with van der Waals surface area (Å²) >= 11 is 10.4. The summed E-state index contributed by atoms with van der Waals surface area (Å²) in [4.78, 5) is 11.0. The monoisotopic (exact) mass is 244 g/mol. The van der Waals surface area contributed by atoms with Crippen LogP contribution in [0, 0.1) is 6.92 Å². The molecule has 0 spiro atoms. The zero-order chi connectivity index (χ0) is 11.6. The maximum absolute atomic E-state index is 11.0. The van der Waals surface area contributed by atoms with Gasteiger partial charge in [-0.2, -0.15) is 0 Å². The van der Waals surface area contributed by atoms with Crippen molar-refractivity contribution in [1.29, 1.82) is 0 Å². The normalized spacial score (nSPS) is 9.73. The number of carboxylic acids is 1. The highest BCUT2D eigenvalue weighted by atomic mass is 35.5. The van der Waals surface area contributed by atoms with Gasteiger partial charge in [0.2, 0.25) is 0 Å². The van der Waals surface area contributed by atoms with Crippen LogP contribution in [-0.2, 0) is 0 Å². The van der Waals surface area contributed by atoms with Gasteiger partial charge in [0.1, 0.15) is 5.56 Å². The lowest BCUT2D eigenvalue weighted by atomic mass is 10.1. The molecule has 0 heterocycles. The van der Waals surface area contributed by atoms with Gasteiger partial charge in [-0.1, -0.05) is 17.7 Å². The fourth-order valence-electron chi connectivity index (χ4n) is 1.17. The zero-order valence-corrected chi connectivity index (χ0v) is 9.45. The van der Waals surface area contributed by atoms with E-state index in [0.717, 1.165) is 0 Å². The van der Waals surface area contributed by atoms with Gasteiger partial charge in [0.25, 0.3) is 0 Å². The first-order valence-electron chi connectivity index (χ1n) is 4.02. The van der Waals surface area contributed by atoms with E-state index in [4.69, 9.17) is 22.4 Å². The van der Waals surface area contributed by atoms with E-state index >= 15 is 0 Å².